The number of hydrogen-bond acceptors (Lipinski definition) is 5. The van der Waals surface area contributed by atoms with E-state index in [0.717, 1.165) is 11.8 Å². The molecule has 3 N–H and O–H groups in total. The first-order chi connectivity index (χ1) is 11.2. The summed E-state index contributed by atoms with van der Waals surface area (Å²) in [6.45, 7) is 1.78. The van der Waals surface area contributed by atoms with Crippen LogP contribution in [0.4, 0.5) is 0 Å². The highest BCUT2D eigenvalue weighted by Gasteiger charge is 2.14. The van der Waals surface area contributed by atoms with Crippen molar-refractivity contribution in [2.75, 3.05) is 6.26 Å². The Morgan fingerprint density at radius 3 is 2.21 bits per heavy atom. The maximum Gasteiger partial charge on any atom is 0.267 e. The fourth-order valence-corrected chi connectivity index (χ4v) is 2.67. The molecular formula is C16H17N3O4S. The van der Waals surface area contributed by atoms with Gasteiger partial charge in [-0.1, -0.05) is 12.1 Å². The van der Waals surface area contributed by atoms with Crippen molar-refractivity contribution < 1.29 is 18.0 Å². The highest BCUT2D eigenvalue weighted by Crippen LogP contribution is 2.16. The number of nitrogens with one attached hydrogen (secondary N) is 1. The topological polar surface area (TPSA) is 119 Å². The van der Waals surface area contributed by atoms with E-state index in [9.17, 15) is 18.0 Å². The summed E-state index contributed by atoms with van der Waals surface area (Å²) >= 11 is 0. The van der Waals surface area contributed by atoms with Gasteiger partial charge in [0.25, 0.3) is 11.8 Å². The maximum absolute atomic E-state index is 12.2. The Morgan fingerprint density at radius 1 is 1.12 bits per heavy atom. The van der Waals surface area contributed by atoms with Crippen molar-refractivity contribution in [3.8, 4) is 0 Å². The summed E-state index contributed by atoms with van der Waals surface area (Å²) in [4.78, 5) is 27.2. The summed E-state index contributed by atoms with van der Waals surface area (Å²) in [5.41, 5.74) is 6.23. The molecule has 0 saturated heterocycles. The Hall–Kier alpha value is -2.74. The van der Waals surface area contributed by atoms with Crippen LogP contribution in [0.5, 0.6) is 0 Å². The first-order valence-electron chi connectivity index (χ1n) is 7.05. The molecule has 1 heterocycles. The van der Waals surface area contributed by atoms with E-state index in [0.29, 0.717) is 5.56 Å². The maximum atomic E-state index is 12.2. The second-order valence-electron chi connectivity index (χ2n) is 5.33. The van der Waals surface area contributed by atoms with Gasteiger partial charge >= 0.3 is 0 Å². The van der Waals surface area contributed by atoms with Crippen molar-refractivity contribution in [2.24, 2.45) is 5.73 Å². The smallest absolute Gasteiger partial charge is 0.267 e. The second-order valence-corrected chi connectivity index (χ2v) is 7.35. The first-order valence-corrected chi connectivity index (χ1v) is 8.94. The number of aromatic nitrogens is 1. The molecule has 2 aromatic rings. The third kappa shape index (κ3) is 4.17. The van der Waals surface area contributed by atoms with Crippen molar-refractivity contribution >= 4 is 21.7 Å². The van der Waals surface area contributed by atoms with Gasteiger partial charge in [-0.05, 0) is 36.8 Å². The van der Waals surface area contributed by atoms with Gasteiger partial charge in [-0.3, -0.25) is 14.6 Å². The Kier molecular flexibility index (Phi) is 4.99. The largest absolute Gasteiger partial charge is 0.364 e. The summed E-state index contributed by atoms with van der Waals surface area (Å²) in [6, 6.07) is 8.80. The van der Waals surface area contributed by atoms with Crippen molar-refractivity contribution in [3.63, 3.8) is 0 Å². The molecule has 0 aliphatic rings. The average molecular weight is 347 g/mol. The zero-order valence-electron chi connectivity index (χ0n) is 13.2. The van der Waals surface area contributed by atoms with E-state index in [1.54, 1.807) is 19.1 Å². The molecular weight excluding hydrogens is 330 g/mol. The van der Waals surface area contributed by atoms with Crippen molar-refractivity contribution in [2.45, 2.75) is 17.9 Å². The van der Waals surface area contributed by atoms with Gasteiger partial charge in [-0.25, -0.2) is 8.42 Å². The van der Waals surface area contributed by atoms with E-state index in [2.05, 4.69) is 10.3 Å². The normalized spacial score (nSPS) is 12.4. The molecule has 7 nitrogen and oxygen atoms in total. The number of pyridine rings is 1. The lowest BCUT2D eigenvalue weighted by molar-refractivity contribution is 0.0936. The Bertz CT molecular complexity index is 859. The standard InChI is InChI=1S/C16H17N3O4S/c1-10(11-3-6-13(7-4-11)24(2,22)23)19-16(21)12-5-8-14(15(17)20)18-9-12/h3-10H,1-2H3,(H2,17,20)(H,19,21). The number of sulfone groups is 1. The molecule has 8 heteroatoms. The molecule has 1 atom stereocenters. The van der Waals surface area contributed by atoms with E-state index in [4.69, 9.17) is 5.73 Å². The van der Waals surface area contributed by atoms with Gasteiger partial charge in [0.2, 0.25) is 0 Å². The first kappa shape index (κ1) is 17.6. The summed E-state index contributed by atoms with van der Waals surface area (Å²) in [5, 5.41) is 2.77. The number of amides is 2. The number of nitrogens with two attached hydrogens (primary N) is 1. The molecule has 24 heavy (non-hydrogen) atoms. The van der Waals surface area contributed by atoms with Gasteiger partial charge in [-0.15, -0.1) is 0 Å². The van der Waals surface area contributed by atoms with Gasteiger partial charge < -0.3 is 11.1 Å². The SMILES string of the molecule is CC(NC(=O)c1ccc(C(N)=O)nc1)c1ccc(S(C)(=O)=O)cc1. The van der Waals surface area contributed by atoms with Crippen LogP contribution in [-0.2, 0) is 9.84 Å². The van der Waals surface area contributed by atoms with E-state index < -0.39 is 15.7 Å². The number of hydrogen-bond donors (Lipinski definition) is 2. The number of primary amides is 1. The number of carbonyl (C=O) groups excluding carboxylic acids is 2. The van der Waals surface area contributed by atoms with Crippen LogP contribution in [0.1, 0.15) is 39.4 Å². The number of carbonyl (C=O) groups is 2. The zero-order valence-corrected chi connectivity index (χ0v) is 14.0. The molecule has 126 valence electrons. The van der Waals surface area contributed by atoms with Gasteiger partial charge in [0.15, 0.2) is 9.84 Å². The van der Waals surface area contributed by atoms with Crippen LogP contribution >= 0.6 is 0 Å². The highest BCUT2D eigenvalue weighted by molar-refractivity contribution is 7.90. The van der Waals surface area contributed by atoms with Gasteiger partial charge in [0, 0.05) is 12.5 Å². The van der Waals surface area contributed by atoms with Crippen LogP contribution in [0.15, 0.2) is 47.5 Å². The van der Waals surface area contributed by atoms with Crippen LogP contribution in [-0.4, -0.2) is 31.5 Å². The average Bonchev–Trinajstić information content (AvgIpc) is 2.54. The molecule has 0 fully saturated rings. The summed E-state index contributed by atoms with van der Waals surface area (Å²) in [5.74, 6) is -1.03. The van der Waals surface area contributed by atoms with E-state index in [1.165, 1.54) is 30.5 Å². The molecule has 1 aromatic heterocycles. The predicted molar refractivity (Wildman–Crippen MR) is 88.2 cm³/mol. The third-order valence-corrected chi connectivity index (χ3v) is 4.56. The second kappa shape index (κ2) is 6.79. The van der Waals surface area contributed by atoms with E-state index in [1.807, 2.05) is 0 Å². The van der Waals surface area contributed by atoms with E-state index >= 15 is 0 Å². The minimum Gasteiger partial charge on any atom is -0.364 e. The molecule has 0 bridgehead atoms. The van der Waals surface area contributed by atoms with Crippen LogP contribution in [0.2, 0.25) is 0 Å². The minimum atomic E-state index is -3.26. The molecule has 0 aliphatic carbocycles. The molecule has 1 unspecified atom stereocenters. The minimum absolute atomic E-state index is 0.0796. The Morgan fingerprint density at radius 2 is 1.75 bits per heavy atom. The fraction of sp³-hybridized carbons (Fsp3) is 0.188. The molecule has 1 aromatic carbocycles. The lowest BCUT2D eigenvalue weighted by Crippen LogP contribution is -2.27. The summed E-state index contributed by atoms with van der Waals surface area (Å²) in [7, 11) is -3.26. The Balaban J connectivity index is 2.09. The van der Waals surface area contributed by atoms with Gasteiger partial charge in [0.05, 0.1) is 16.5 Å². The molecule has 2 rings (SSSR count). The molecule has 0 saturated carbocycles. The molecule has 2 amide bonds. The van der Waals surface area contributed by atoms with Crippen LogP contribution in [0.25, 0.3) is 0 Å². The molecule has 0 radical (unpaired) electrons. The quantitative estimate of drug-likeness (QED) is 0.838. The summed E-state index contributed by atoms with van der Waals surface area (Å²) < 4.78 is 22.9. The molecule has 0 aliphatic heterocycles. The van der Waals surface area contributed by atoms with Gasteiger partial charge in [-0.2, -0.15) is 0 Å². The van der Waals surface area contributed by atoms with Crippen LogP contribution in [0.3, 0.4) is 0 Å². The highest BCUT2D eigenvalue weighted by atomic mass is 32.2. The number of benzene rings is 1. The van der Waals surface area contributed by atoms with Gasteiger partial charge in [0.1, 0.15) is 5.69 Å². The van der Waals surface area contributed by atoms with Crippen LogP contribution in [0, 0.1) is 0 Å². The number of rotatable bonds is 5. The summed E-state index contributed by atoms with van der Waals surface area (Å²) in [6.07, 6.45) is 2.41. The van der Waals surface area contributed by atoms with E-state index in [-0.39, 0.29) is 22.5 Å². The predicted octanol–water partition coefficient (Wildman–Crippen LogP) is 1.07. The van der Waals surface area contributed by atoms with Crippen molar-refractivity contribution in [3.05, 3.63) is 59.4 Å². The van der Waals surface area contributed by atoms with Crippen LogP contribution < -0.4 is 11.1 Å². The fourth-order valence-electron chi connectivity index (χ4n) is 2.04. The lowest BCUT2D eigenvalue weighted by atomic mass is 10.1. The number of nitrogens with zero attached hydrogens (tertiary/aromatic N) is 1. The zero-order chi connectivity index (χ0) is 17.9. The lowest BCUT2D eigenvalue weighted by Gasteiger charge is -2.14. The Labute approximate surface area is 139 Å². The third-order valence-electron chi connectivity index (χ3n) is 3.43. The monoisotopic (exact) mass is 347 g/mol. The molecule has 0 spiro atoms. The van der Waals surface area contributed by atoms with Crippen molar-refractivity contribution in [1.82, 2.24) is 10.3 Å². The van der Waals surface area contributed by atoms with Crippen molar-refractivity contribution in [1.29, 1.82) is 0 Å².